The molecule has 0 bridgehead atoms. The highest BCUT2D eigenvalue weighted by Gasteiger charge is 1.94. The van der Waals surface area contributed by atoms with Crippen molar-refractivity contribution in [2.45, 2.75) is 40.5 Å². The predicted molar refractivity (Wildman–Crippen MR) is 147 cm³/mol. The molecular formula is C30H33NO2S. The number of hydrogen-bond acceptors (Lipinski definition) is 4. The van der Waals surface area contributed by atoms with E-state index in [-0.39, 0.29) is 0 Å². The lowest BCUT2D eigenvalue weighted by atomic mass is 10.1. The molecule has 4 heteroatoms. The van der Waals surface area contributed by atoms with Crippen molar-refractivity contribution in [1.82, 2.24) is 0 Å². The van der Waals surface area contributed by atoms with Gasteiger partial charge in [0.15, 0.2) is 0 Å². The van der Waals surface area contributed by atoms with E-state index in [9.17, 15) is 9.59 Å². The van der Waals surface area contributed by atoms with Crippen LogP contribution in [0, 0.1) is 27.7 Å². The van der Waals surface area contributed by atoms with Crippen molar-refractivity contribution in [3.05, 3.63) is 112 Å². The van der Waals surface area contributed by atoms with Crippen LogP contribution in [-0.2, 0) is 22.4 Å². The summed E-state index contributed by atoms with van der Waals surface area (Å²) in [6, 6.07) is 22.4. The molecule has 0 aliphatic heterocycles. The van der Waals surface area contributed by atoms with Gasteiger partial charge in [0.25, 0.3) is 0 Å². The smallest absolute Gasteiger partial charge is 0.142 e. The number of carbonyl (C=O) groups is 2. The Labute approximate surface area is 209 Å². The molecule has 0 aliphatic carbocycles. The minimum absolute atomic E-state index is 0.529. The van der Waals surface area contributed by atoms with E-state index in [1.54, 1.807) is 6.08 Å². The summed E-state index contributed by atoms with van der Waals surface area (Å²) < 4.78 is 0. The summed E-state index contributed by atoms with van der Waals surface area (Å²) in [4.78, 5) is 24.0. The zero-order chi connectivity index (χ0) is 25.2. The van der Waals surface area contributed by atoms with Gasteiger partial charge in [-0.1, -0.05) is 72.8 Å². The van der Waals surface area contributed by atoms with Gasteiger partial charge in [0.05, 0.1) is 11.7 Å². The van der Waals surface area contributed by atoms with Crippen LogP contribution >= 0.6 is 12.2 Å². The van der Waals surface area contributed by atoms with E-state index in [4.69, 9.17) is 0 Å². The standard InChI is InChI=1S/C11H12O.C10H12O.C9H9NS/c1-9-5-6-11(4-3-7-12)8-10(9)2;1-8-3-4-10(5-6-11)7-9(8)2;11-8-10-7-6-9-4-2-1-3-5-9/h3-8H,1-2H3;3-4,6-7H,5H2,1-2H3;1-5H,6-7H2/b4-3+;;. The maximum Gasteiger partial charge on any atom is 0.142 e. The summed E-state index contributed by atoms with van der Waals surface area (Å²) in [5, 5.41) is 2.35. The number of carbonyl (C=O) groups excluding carboxylic acids is 2. The number of isothiocyanates is 1. The molecule has 0 saturated heterocycles. The van der Waals surface area contributed by atoms with Crippen LogP contribution in [0.25, 0.3) is 6.08 Å². The first kappa shape index (κ1) is 28.6. The predicted octanol–water partition coefficient (Wildman–Crippen LogP) is 6.89. The molecule has 34 heavy (non-hydrogen) atoms. The molecule has 0 aliphatic rings. The number of hydrogen-bond donors (Lipinski definition) is 0. The second kappa shape index (κ2) is 17.1. The molecule has 0 spiro atoms. The quantitative estimate of drug-likeness (QED) is 0.163. The van der Waals surface area contributed by atoms with Crippen molar-refractivity contribution in [2.24, 2.45) is 4.99 Å². The van der Waals surface area contributed by atoms with Crippen molar-refractivity contribution in [1.29, 1.82) is 0 Å². The third-order valence-electron chi connectivity index (χ3n) is 5.21. The minimum Gasteiger partial charge on any atom is -0.303 e. The van der Waals surface area contributed by atoms with Crippen LogP contribution in [0.2, 0.25) is 0 Å². The fourth-order valence-electron chi connectivity index (χ4n) is 2.92. The van der Waals surface area contributed by atoms with Crippen molar-refractivity contribution in [3.63, 3.8) is 0 Å². The van der Waals surface area contributed by atoms with E-state index in [1.807, 2.05) is 36.4 Å². The zero-order valence-electron chi connectivity index (χ0n) is 20.5. The van der Waals surface area contributed by atoms with Crippen LogP contribution in [0.1, 0.15) is 38.9 Å². The molecule has 3 aromatic carbocycles. The summed E-state index contributed by atoms with van der Waals surface area (Å²) in [5.74, 6) is 0. The molecular weight excluding hydrogens is 438 g/mol. The van der Waals surface area contributed by atoms with Crippen molar-refractivity contribution < 1.29 is 9.59 Å². The number of thiocarbonyl (C=S) groups is 1. The van der Waals surface area contributed by atoms with Crippen LogP contribution in [0.5, 0.6) is 0 Å². The van der Waals surface area contributed by atoms with Crippen molar-refractivity contribution >= 4 is 36.0 Å². The summed E-state index contributed by atoms with van der Waals surface area (Å²) in [6.07, 6.45) is 6.51. The van der Waals surface area contributed by atoms with E-state index in [0.29, 0.717) is 6.42 Å². The molecule has 3 nitrogen and oxygen atoms in total. The van der Waals surface area contributed by atoms with Gasteiger partial charge in [0.2, 0.25) is 0 Å². The first-order valence-electron chi connectivity index (χ1n) is 11.2. The number of benzene rings is 3. The Kier molecular flexibility index (Phi) is 14.3. The highest BCUT2D eigenvalue weighted by molar-refractivity contribution is 7.78. The lowest BCUT2D eigenvalue weighted by Crippen LogP contribution is -1.88. The molecule has 0 saturated carbocycles. The Balaban J connectivity index is 0.000000255. The van der Waals surface area contributed by atoms with E-state index < -0.39 is 0 Å². The van der Waals surface area contributed by atoms with E-state index in [1.165, 1.54) is 33.9 Å². The number of rotatable bonds is 7. The molecule has 0 heterocycles. The molecule has 0 amide bonds. The van der Waals surface area contributed by atoms with Crippen LogP contribution in [0.3, 0.4) is 0 Å². The lowest BCUT2D eigenvalue weighted by molar-refractivity contribution is -0.107. The molecule has 0 unspecified atom stereocenters. The Bertz CT molecular complexity index is 1110. The van der Waals surface area contributed by atoms with Crippen LogP contribution in [0.15, 0.2) is 77.8 Å². The van der Waals surface area contributed by atoms with Gasteiger partial charge in [-0.25, -0.2) is 4.99 Å². The first-order valence-corrected chi connectivity index (χ1v) is 11.6. The second-order valence-electron chi connectivity index (χ2n) is 7.84. The topological polar surface area (TPSA) is 46.5 Å². The van der Waals surface area contributed by atoms with Gasteiger partial charge in [0.1, 0.15) is 12.6 Å². The molecule has 0 fully saturated rings. The first-order chi connectivity index (χ1) is 16.4. The van der Waals surface area contributed by atoms with Gasteiger partial charge in [-0.2, -0.15) is 0 Å². The largest absolute Gasteiger partial charge is 0.303 e. The summed E-state index contributed by atoms with van der Waals surface area (Å²) in [6.45, 7) is 9.01. The number of allylic oxidation sites excluding steroid dienone is 1. The minimum atomic E-state index is 0.529. The van der Waals surface area contributed by atoms with Crippen molar-refractivity contribution in [2.75, 3.05) is 6.54 Å². The van der Waals surface area contributed by atoms with Crippen LogP contribution in [-0.4, -0.2) is 24.3 Å². The Hall–Kier alpha value is -3.46. The number of nitrogens with zero attached hydrogens (tertiary/aromatic N) is 1. The molecule has 0 N–H and O–H groups in total. The van der Waals surface area contributed by atoms with Crippen molar-refractivity contribution in [3.8, 4) is 0 Å². The highest BCUT2D eigenvalue weighted by atomic mass is 32.1. The average molecular weight is 472 g/mol. The monoisotopic (exact) mass is 471 g/mol. The third-order valence-corrected chi connectivity index (χ3v) is 5.34. The van der Waals surface area contributed by atoms with Gasteiger partial charge in [-0.15, -0.1) is 0 Å². The average Bonchev–Trinajstić information content (AvgIpc) is 2.84. The molecule has 0 aromatic heterocycles. The molecule has 3 aromatic rings. The Morgan fingerprint density at radius 2 is 1.44 bits per heavy atom. The van der Waals surface area contributed by atoms with Gasteiger partial charge in [0, 0.05) is 6.42 Å². The number of aryl methyl sites for hydroxylation is 4. The van der Waals surface area contributed by atoms with Gasteiger partial charge < -0.3 is 4.79 Å². The maximum atomic E-state index is 10.2. The summed E-state index contributed by atoms with van der Waals surface area (Å²) >= 11 is 4.45. The number of aliphatic imine (C=N–C) groups is 1. The molecule has 0 atom stereocenters. The lowest BCUT2D eigenvalue weighted by Gasteiger charge is -2.00. The third kappa shape index (κ3) is 12.0. The second-order valence-corrected chi connectivity index (χ2v) is 8.02. The fraction of sp³-hybridized carbons (Fsp3) is 0.233. The SMILES string of the molecule is Cc1ccc(/C=C/C=O)cc1C.Cc1ccc(CC=O)cc1C.S=C=NCCc1ccccc1. The fourth-order valence-corrected chi connectivity index (χ4v) is 3.01. The molecule has 3 rings (SSSR count). The van der Waals surface area contributed by atoms with E-state index >= 15 is 0 Å². The van der Waals surface area contributed by atoms with Gasteiger partial charge >= 0.3 is 0 Å². The Morgan fingerprint density at radius 1 is 0.794 bits per heavy atom. The summed E-state index contributed by atoms with van der Waals surface area (Å²) in [5.41, 5.74) is 8.53. The van der Waals surface area contributed by atoms with E-state index in [0.717, 1.165) is 36.7 Å². The normalized spacial score (nSPS) is 9.65. The zero-order valence-corrected chi connectivity index (χ0v) is 21.3. The van der Waals surface area contributed by atoms with Crippen LogP contribution < -0.4 is 0 Å². The maximum absolute atomic E-state index is 10.2. The van der Waals surface area contributed by atoms with E-state index in [2.05, 4.69) is 80.4 Å². The van der Waals surface area contributed by atoms with Gasteiger partial charge in [-0.3, -0.25) is 4.79 Å². The summed E-state index contributed by atoms with van der Waals surface area (Å²) in [7, 11) is 0. The van der Waals surface area contributed by atoms with Crippen LogP contribution in [0.4, 0.5) is 0 Å². The highest BCUT2D eigenvalue weighted by Crippen LogP contribution is 2.11. The number of aldehydes is 2. The molecule has 176 valence electrons. The van der Waals surface area contributed by atoms with Gasteiger partial charge in [-0.05, 0) is 91.4 Å². The molecule has 0 radical (unpaired) electrons. The Morgan fingerprint density at radius 3 is 2.00 bits per heavy atom.